The van der Waals surface area contributed by atoms with Gasteiger partial charge in [0, 0.05) is 18.9 Å². The van der Waals surface area contributed by atoms with Crippen molar-refractivity contribution in [2.24, 2.45) is 11.1 Å². The molecule has 23 heavy (non-hydrogen) atoms. The number of oxime groups is 1. The molecule has 2 atom stereocenters. The fourth-order valence-corrected chi connectivity index (χ4v) is 2.87. The summed E-state index contributed by atoms with van der Waals surface area (Å²) in [5, 5.41) is 22.6. The molecule has 1 aromatic rings. The van der Waals surface area contributed by atoms with Gasteiger partial charge in [0.25, 0.3) is 0 Å². The van der Waals surface area contributed by atoms with Gasteiger partial charge >= 0.3 is 0 Å². The Balaban J connectivity index is 2.80. The molecule has 0 aliphatic rings. The Kier molecular flexibility index (Phi) is 9.52. The first-order valence-corrected chi connectivity index (χ1v) is 8.42. The monoisotopic (exact) mass is 321 g/mol. The van der Waals surface area contributed by atoms with Crippen LogP contribution >= 0.6 is 0 Å². The SMILES string of the molecule is CCCCC[C@@H](CN(C)C)/C(C[C@H](NO)c1ccccc1)=N\O. The van der Waals surface area contributed by atoms with Gasteiger partial charge in [-0.2, -0.15) is 5.48 Å². The number of hydroxylamine groups is 1. The molecular weight excluding hydrogens is 290 g/mol. The van der Waals surface area contributed by atoms with Crippen LogP contribution in [0, 0.1) is 5.92 Å². The molecule has 5 heteroatoms. The molecule has 0 fully saturated rings. The largest absolute Gasteiger partial charge is 0.411 e. The van der Waals surface area contributed by atoms with Gasteiger partial charge in [0.2, 0.25) is 0 Å². The van der Waals surface area contributed by atoms with Crippen LogP contribution in [0.25, 0.3) is 0 Å². The number of nitrogens with one attached hydrogen (secondary N) is 1. The van der Waals surface area contributed by atoms with E-state index in [0.29, 0.717) is 6.42 Å². The van der Waals surface area contributed by atoms with Crippen molar-refractivity contribution in [3.8, 4) is 0 Å². The van der Waals surface area contributed by atoms with E-state index in [1.807, 2.05) is 44.4 Å². The Labute approximate surface area is 140 Å². The Bertz CT molecular complexity index is 449. The minimum Gasteiger partial charge on any atom is -0.411 e. The van der Waals surface area contributed by atoms with Crippen molar-refractivity contribution in [2.45, 2.75) is 45.1 Å². The van der Waals surface area contributed by atoms with Crippen molar-refractivity contribution in [3.63, 3.8) is 0 Å². The third kappa shape index (κ3) is 7.12. The van der Waals surface area contributed by atoms with Gasteiger partial charge in [0.05, 0.1) is 11.8 Å². The van der Waals surface area contributed by atoms with Crippen molar-refractivity contribution >= 4 is 5.71 Å². The van der Waals surface area contributed by atoms with Crippen LogP contribution in [0.2, 0.25) is 0 Å². The molecule has 0 heterocycles. The van der Waals surface area contributed by atoms with E-state index < -0.39 is 0 Å². The zero-order chi connectivity index (χ0) is 17.1. The van der Waals surface area contributed by atoms with E-state index in [-0.39, 0.29) is 12.0 Å². The third-order valence-electron chi connectivity index (χ3n) is 4.11. The summed E-state index contributed by atoms with van der Waals surface area (Å²) in [6, 6.07) is 9.47. The van der Waals surface area contributed by atoms with Crippen LogP contribution in [-0.4, -0.2) is 41.7 Å². The molecule has 5 nitrogen and oxygen atoms in total. The topological polar surface area (TPSA) is 68.1 Å². The number of nitrogens with zero attached hydrogens (tertiary/aromatic N) is 2. The predicted molar refractivity (Wildman–Crippen MR) is 94.1 cm³/mol. The Hall–Kier alpha value is -1.43. The highest BCUT2D eigenvalue weighted by molar-refractivity contribution is 5.87. The summed E-state index contributed by atoms with van der Waals surface area (Å²) in [4.78, 5) is 2.12. The molecule has 0 saturated carbocycles. The summed E-state index contributed by atoms with van der Waals surface area (Å²) < 4.78 is 0. The van der Waals surface area contributed by atoms with Crippen molar-refractivity contribution in [3.05, 3.63) is 35.9 Å². The summed E-state index contributed by atoms with van der Waals surface area (Å²) in [6.45, 7) is 3.03. The first-order chi connectivity index (χ1) is 11.1. The van der Waals surface area contributed by atoms with Crippen LogP contribution in [0.5, 0.6) is 0 Å². The minimum atomic E-state index is -0.266. The van der Waals surface area contributed by atoms with Crippen molar-refractivity contribution in [1.82, 2.24) is 10.4 Å². The Morgan fingerprint density at radius 3 is 2.43 bits per heavy atom. The molecule has 0 amide bonds. The van der Waals surface area contributed by atoms with Crippen molar-refractivity contribution in [1.29, 1.82) is 0 Å². The summed E-state index contributed by atoms with van der Waals surface area (Å²) in [7, 11) is 4.06. The minimum absolute atomic E-state index is 0.195. The van der Waals surface area contributed by atoms with Gasteiger partial charge in [-0.15, -0.1) is 0 Å². The number of rotatable bonds is 11. The van der Waals surface area contributed by atoms with Crippen molar-refractivity contribution in [2.75, 3.05) is 20.6 Å². The van der Waals surface area contributed by atoms with Gasteiger partial charge in [0.15, 0.2) is 0 Å². The number of unbranched alkanes of at least 4 members (excludes halogenated alkanes) is 2. The lowest BCUT2D eigenvalue weighted by atomic mass is 9.90. The third-order valence-corrected chi connectivity index (χ3v) is 4.11. The van der Waals surface area contributed by atoms with Crippen LogP contribution < -0.4 is 5.48 Å². The Morgan fingerprint density at radius 2 is 1.91 bits per heavy atom. The van der Waals surface area contributed by atoms with Crippen LogP contribution in [0.3, 0.4) is 0 Å². The summed E-state index contributed by atoms with van der Waals surface area (Å²) in [5.74, 6) is 0.195. The maximum absolute atomic E-state index is 9.52. The van der Waals surface area contributed by atoms with Gasteiger partial charge in [-0.05, 0) is 26.1 Å². The molecule has 0 spiro atoms. The number of benzene rings is 1. The summed E-state index contributed by atoms with van der Waals surface area (Å²) in [5.41, 5.74) is 4.07. The zero-order valence-corrected chi connectivity index (χ0v) is 14.6. The molecular formula is C18H31N3O2. The number of hydrogen-bond donors (Lipinski definition) is 3. The standard InChI is InChI=1S/C18H31N3O2/c1-4-5-7-12-16(14-21(2)3)18(20-23)13-17(19-22)15-10-8-6-9-11-15/h6,8-11,16-17,19,22-23H,4-5,7,12-14H2,1-3H3/b20-18-/t16-,17-/m0/s1. The molecule has 0 aliphatic heterocycles. The number of hydrogen-bond acceptors (Lipinski definition) is 5. The normalized spacial score (nSPS) is 14.9. The average Bonchev–Trinajstić information content (AvgIpc) is 2.56. The quantitative estimate of drug-likeness (QED) is 0.252. The predicted octanol–water partition coefficient (Wildman–Crippen LogP) is 3.68. The van der Waals surface area contributed by atoms with E-state index in [2.05, 4.69) is 22.5 Å². The van der Waals surface area contributed by atoms with E-state index in [1.165, 1.54) is 12.8 Å². The molecule has 0 aliphatic carbocycles. The Morgan fingerprint density at radius 1 is 1.22 bits per heavy atom. The zero-order valence-electron chi connectivity index (χ0n) is 14.6. The molecule has 0 aromatic heterocycles. The van der Waals surface area contributed by atoms with Gasteiger partial charge in [0.1, 0.15) is 0 Å². The summed E-state index contributed by atoms with van der Waals surface area (Å²) >= 11 is 0. The lowest BCUT2D eigenvalue weighted by Crippen LogP contribution is -2.31. The first-order valence-electron chi connectivity index (χ1n) is 8.42. The van der Waals surface area contributed by atoms with Crippen LogP contribution in [0.15, 0.2) is 35.5 Å². The average molecular weight is 321 g/mol. The summed E-state index contributed by atoms with van der Waals surface area (Å²) in [6.07, 6.45) is 4.96. The molecule has 130 valence electrons. The molecule has 0 radical (unpaired) electrons. The fraction of sp³-hybridized carbons (Fsp3) is 0.611. The van der Waals surface area contributed by atoms with E-state index in [0.717, 1.165) is 30.7 Å². The highest BCUT2D eigenvalue weighted by Gasteiger charge is 2.22. The van der Waals surface area contributed by atoms with Crippen LogP contribution in [0.4, 0.5) is 0 Å². The lowest BCUT2D eigenvalue weighted by molar-refractivity contribution is 0.127. The first kappa shape index (κ1) is 19.6. The highest BCUT2D eigenvalue weighted by Crippen LogP contribution is 2.22. The molecule has 1 rings (SSSR count). The molecule has 3 N–H and O–H groups in total. The maximum atomic E-state index is 9.52. The van der Waals surface area contributed by atoms with Gasteiger partial charge in [-0.25, -0.2) is 0 Å². The second-order valence-corrected chi connectivity index (χ2v) is 6.34. The smallest absolute Gasteiger partial charge is 0.0634 e. The van der Waals surface area contributed by atoms with Crippen molar-refractivity contribution < 1.29 is 10.4 Å². The van der Waals surface area contributed by atoms with Gasteiger partial charge in [-0.3, -0.25) is 0 Å². The molecule has 0 saturated heterocycles. The van der Waals surface area contributed by atoms with E-state index >= 15 is 0 Å². The second kappa shape index (κ2) is 11.2. The molecule has 0 bridgehead atoms. The second-order valence-electron chi connectivity index (χ2n) is 6.34. The van der Waals surface area contributed by atoms with E-state index in [9.17, 15) is 10.4 Å². The van der Waals surface area contributed by atoms with E-state index in [1.54, 1.807) is 0 Å². The maximum Gasteiger partial charge on any atom is 0.0634 e. The van der Waals surface area contributed by atoms with E-state index in [4.69, 9.17) is 0 Å². The van der Waals surface area contributed by atoms with Gasteiger partial charge in [-0.1, -0.05) is 61.7 Å². The fourth-order valence-electron chi connectivity index (χ4n) is 2.87. The molecule has 0 unspecified atom stereocenters. The van der Waals surface area contributed by atoms with Crippen LogP contribution in [-0.2, 0) is 0 Å². The molecule has 1 aromatic carbocycles. The highest BCUT2D eigenvalue weighted by atomic mass is 16.5. The lowest BCUT2D eigenvalue weighted by Gasteiger charge is -2.24. The van der Waals surface area contributed by atoms with Crippen LogP contribution in [0.1, 0.15) is 50.6 Å². The van der Waals surface area contributed by atoms with Gasteiger partial charge < -0.3 is 15.3 Å².